The highest BCUT2D eigenvalue weighted by Gasteiger charge is 2.09. The number of hydrogen-bond acceptors (Lipinski definition) is 4. The average molecular weight is 421 g/mol. The van der Waals surface area contributed by atoms with E-state index in [-0.39, 0.29) is 18.0 Å². The van der Waals surface area contributed by atoms with Crippen molar-refractivity contribution in [2.24, 2.45) is 0 Å². The predicted molar refractivity (Wildman–Crippen MR) is 126 cm³/mol. The van der Waals surface area contributed by atoms with E-state index in [9.17, 15) is 19.8 Å². The van der Waals surface area contributed by atoms with Crippen LogP contribution < -0.4 is 0 Å². The summed E-state index contributed by atoms with van der Waals surface area (Å²) in [4.78, 5) is 24.5. The maximum Gasteiger partial charge on any atom is 0.163 e. The Morgan fingerprint density at radius 3 is 1.19 bits per heavy atom. The molecule has 0 amide bonds. The molecule has 164 valence electrons. The molecule has 0 aromatic heterocycles. The van der Waals surface area contributed by atoms with E-state index in [2.05, 4.69) is 0 Å². The molecule has 2 aromatic carbocycles. The van der Waals surface area contributed by atoms with Gasteiger partial charge in [-0.25, -0.2) is 0 Å². The van der Waals surface area contributed by atoms with Crippen molar-refractivity contribution in [2.75, 3.05) is 0 Å². The molecule has 0 aliphatic heterocycles. The number of phenolic OH excluding ortho intramolecular Hbond substituents is 2. The SMILES string of the molecule is CCc1cc(C=CC(=O)CC(=O)C=Cc2cc(CC)c(O)c(CC)c2)cc(CC)c1O. The molecule has 0 saturated heterocycles. The molecular formula is C27H32O4. The first kappa shape index (κ1) is 24.1. The van der Waals surface area contributed by atoms with Crippen molar-refractivity contribution in [2.45, 2.75) is 59.8 Å². The normalized spacial score (nSPS) is 11.5. The summed E-state index contributed by atoms with van der Waals surface area (Å²) in [5, 5.41) is 20.4. The zero-order valence-electron chi connectivity index (χ0n) is 18.9. The van der Waals surface area contributed by atoms with Crippen LogP contribution in [0.5, 0.6) is 11.5 Å². The number of allylic oxidation sites excluding steroid dienone is 2. The maximum absolute atomic E-state index is 12.2. The molecule has 0 unspecified atom stereocenters. The monoisotopic (exact) mass is 420 g/mol. The quantitative estimate of drug-likeness (QED) is 0.387. The van der Waals surface area contributed by atoms with E-state index in [1.165, 1.54) is 12.2 Å². The minimum atomic E-state index is -0.270. The molecular weight excluding hydrogens is 388 g/mol. The van der Waals surface area contributed by atoms with Crippen molar-refractivity contribution >= 4 is 23.7 Å². The Morgan fingerprint density at radius 2 is 0.935 bits per heavy atom. The molecule has 4 nitrogen and oxygen atoms in total. The van der Waals surface area contributed by atoms with Crippen LogP contribution in [0.4, 0.5) is 0 Å². The summed E-state index contributed by atoms with van der Waals surface area (Å²) in [6.07, 6.45) is 8.83. The van der Waals surface area contributed by atoms with Gasteiger partial charge in [0.15, 0.2) is 11.6 Å². The topological polar surface area (TPSA) is 74.6 Å². The van der Waals surface area contributed by atoms with Gasteiger partial charge in [-0.1, -0.05) is 39.8 Å². The summed E-state index contributed by atoms with van der Waals surface area (Å²) >= 11 is 0. The van der Waals surface area contributed by atoms with Gasteiger partial charge in [0.2, 0.25) is 0 Å². The number of carbonyl (C=O) groups excluding carboxylic acids is 2. The van der Waals surface area contributed by atoms with Crippen LogP contribution in [0.1, 0.15) is 67.5 Å². The lowest BCUT2D eigenvalue weighted by molar-refractivity contribution is -0.121. The third-order valence-electron chi connectivity index (χ3n) is 5.38. The van der Waals surface area contributed by atoms with Crippen molar-refractivity contribution in [3.8, 4) is 11.5 Å². The summed E-state index contributed by atoms with van der Waals surface area (Å²) in [5.74, 6) is 0.0991. The van der Waals surface area contributed by atoms with Crippen molar-refractivity contribution in [1.82, 2.24) is 0 Å². The molecule has 0 bridgehead atoms. The van der Waals surface area contributed by atoms with Gasteiger partial charge in [-0.05, 0) is 95.5 Å². The molecule has 0 aliphatic carbocycles. The summed E-state index contributed by atoms with van der Waals surface area (Å²) in [7, 11) is 0. The molecule has 2 N–H and O–H groups in total. The fourth-order valence-corrected chi connectivity index (χ4v) is 3.51. The summed E-state index contributed by atoms with van der Waals surface area (Å²) < 4.78 is 0. The molecule has 0 saturated carbocycles. The second-order valence-electron chi connectivity index (χ2n) is 7.57. The zero-order valence-corrected chi connectivity index (χ0v) is 18.9. The molecule has 31 heavy (non-hydrogen) atoms. The van der Waals surface area contributed by atoms with Gasteiger partial charge in [-0.3, -0.25) is 9.59 Å². The number of rotatable bonds is 10. The highest BCUT2D eigenvalue weighted by molar-refractivity contribution is 6.10. The van der Waals surface area contributed by atoms with Crippen molar-refractivity contribution in [3.63, 3.8) is 0 Å². The number of benzene rings is 2. The van der Waals surface area contributed by atoms with E-state index in [0.717, 1.165) is 33.4 Å². The van der Waals surface area contributed by atoms with Crippen molar-refractivity contribution in [3.05, 3.63) is 69.8 Å². The lowest BCUT2D eigenvalue weighted by Crippen LogP contribution is -2.02. The molecule has 0 atom stereocenters. The van der Waals surface area contributed by atoms with Crippen molar-refractivity contribution in [1.29, 1.82) is 0 Å². The largest absolute Gasteiger partial charge is 0.507 e. The molecule has 0 heterocycles. The van der Waals surface area contributed by atoms with E-state index < -0.39 is 0 Å². The van der Waals surface area contributed by atoms with Gasteiger partial charge in [0.1, 0.15) is 11.5 Å². The lowest BCUT2D eigenvalue weighted by atomic mass is 9.99. The number of carbonyl (C=O) groups is 2. The predicted octanol–water partition coefficient (Wildman–Crippen LogP) is 5.60. The summed E-state index contributed by atoms with van der Waals surface area (Å²) in [5.41, 5.74) is 5.06. The minimum absolute atomic E-state index is 0.203. The van der Waals surface area contributed by atoms with Crippen LogP contribution in [-0.4, -0.2) is 21.8 Å². The lowest BCUT2D eigenvalue weighted by Gasteiger charge is -2.09. The van der Waals surface area contributed by atoms with Crippen LogP contribution in [-0.2, 0) is 35.3 Å². The number of hydrogen-bond donors (Lipinski definition) is 2. The molecule has 2 rings (SSSR count). The number of aryl methyl sites for hydroxylation is 4. The van der Waals surface area contributed by atoms with Crippen LogP contribution in [0.15, 0.2) is 36.4 Å². The Balaban J connectivity index is 2.07. The van der Waals surface area contributed by atoms with Gasteiger partial charge in [0, 0.05) is 0 Å². The molecule has 0 fully saturated rings. The first-order valence-corrected chi connectivity index (χ1v) is 10.9. The minimum Gasteiger partial charge on any atom is -0.507 e. The molecule has 0 spiro atoms. The first-order chi connectivity index (χ1) is 14.8. The Bertz CT molecular complexity index is 880. The van der Waals surface area contributed by atoms with Gasteiger partial charge in [-0.2, -0.15) is 0 Å². The molecule has 4 heteroatoms. The highest BCUT2D eigenvalue weighted by atomic mass is 16.3. The van der Waals surface area contributed by atoms with E-state index in [1.54, 1.807) is 12.2 Å². The van der Waals surface area contributed by atoms with Gasteiger partial charge in [0.05, 0.1) is 6.42 Å². The third kappa shape index (κ3) is 6.42. The van der Waals surface area contributed by atoms with Crippen LogP contribution in [0, 0.1) is 0 Å². The average Bonchev–Trinajstić information content (AvgIpc) is 2.77. The second kappa shape index (κ2) is 11.3. The van der Waals surface area contributed by atoms with Crippen molar-refractivity contribution < 1.29 is 19.8 Å². The first-order valence-electron chi connectivity index (χ1n) is 10.9. The Kier molecular flexibility index (Phi) is 8.80. The van der Waals surface area contributed by atoms with Crippen LogP contribution in [0.2, 0.25) is 0 Å². The summed E-state index contributed by atoms with van der Waals surface area (Å²) in [6.45, 7) is 7.89. The molecule has 2 aromatic rings. The standard InChI is InChI=1S/C27H32O4/c1-5-20-13-18(14-21(6-2)26(20)30)9-11-24(28)17-25(29)12-10-19-15-22(7-3)27(31)23(8-4)16-19/h9-16,30-31H,5-8,17H2,1-4H3. The Morgan fingerprint density at radius 1 is 0.645 bits per heavy atom. The van der Waals surface area contributed by atoms with E-state index in [1.807, 2.05) is 52.0 Å². The maximum atomic E-state index is 12.2. The smallest absolute Gasteiger partial charge is 0.163 e. The molecule has 0 aliphatic rings. The number of aromatic hydroxyl groups is 2. The second-order valence-corrected chi connectivity index (χ2v) is 7.57. The van der Waals surface area contributed by atoms with Gasteiger partial charge >= 0.3 is 0 Å². The fraction of sp³-hybridized carbons (Fsp3) is 0.333. The highest BCUT2D eigenvalue weighted by Crippen LogP contribution is 2.27. The number of phenols is 2. The number of ketones is 2. The zero-order chi connectivity index (χ0) is 23.0. The van der Waals surface area contributed by atoms with Crippen LogP contribution in [0.25, 0.3) is 12.2 Å². The van der Waals surface area contributed by atoms with Gasteiger partial charge in [0.25, 0.3) is 0 Å². The summed E-state index contributed by atoms with van der Waals surface area (Å²) in [6, 6.07) is 7.45. The van der Waals surface area contributed by atoms with Gasteiger partial charge in [-0.15, -0.1) is 0 Å². The van der Waals surface area contributed by atoms with Gasteiger partial charge < -0.3 is 10.2 Å². The van der Waals surface area contributed by atoms with E-state index in [4.69, 9.17) is 0 Å². The Labute approximate surface area is 184 Å². The van der Waals surface area contributed by atoms with E-state index >= 15 is 0 Å². The third-order valence-corrected chi connectivity index (χ3v) is 5.38. The van der Waals surface area contributed by atoms with Crippen LogP contribution in [0.3, 0.4) is 0 Å². The van der Waals surface area contributed by atoms with Crippen LogP contribution >= 0.6 is 0 Å². The van der Waals surface area contributed by atoms with E-state index in [0.29, 0.717) is 37.2 Å². The Hall–Kier alpha value is -3.14. The fourth-order valence-electron chi connectivity index (χ4n) is 3.51. The molecule has 0 radical (unpaired) electrons.